The zero-order valence-electron chi connectivity index (χ0n) is 7.88. The summed E-state index contributed by atoms with van der Waals surface area (Å²) in [5.41, 5.74) is 1.63. The van der Waals surface area contributed by atoms with Gasteiger partial charge in [-0.15, -0.1) is 0 Å². The normalized spacial score (nSPS) is 9.87. The van der Waals surface area contributed by atoms with Crippen LogP contribution in [0.15, 0.2) is 36.8 Å². The number of nitrogens with one attached hydrogen (secondary N) is 1. The molecule has 2 N–H and O–H groups in total. The van der Waals surface area contributed by atoms with Crippen LogP contribution in [0.5, 0.6) is 5.75 Å². The second-order valence-electron chi connectivity index (χ2n) is 2.98. The Morgan fingerprint density at radius 1 is 1.27 bits per heavy atom. The molecule has 0 fully saturated rings. The van der Waals surface area contributed by atoms with Gasteiger partial charge in [0.1, 0.15) is 5.69 Å². The monoisotopic (exact) mass is 199 g/mol. The van der Waals surface area contributed by atoms with E-state index in [-0.39, 0.29) is 5.75 Å². The third-order valence-corrected chi connectivity index (χ3v) is 2.05. The molecule has 0 saturated carbocycles. The molecule has 74 valence electrons. The lowest BCUT2D eigenvalue weighted by Gasteiger charge is -2.04. The van der Waals surface area contributed by atoms with Gasteiger partial charge in [0.15, 0.2) is 5.75 Å². The summed E-state index contributed by atoms with van der Waals surface area (Å²) in [5.74, 6) is 0.0144. The van der Waals surface area contributed by atoms with Gasteiger partial charge in [-0.2, -0.15) is 0 Å². The fourth-order valence-corrected chi connectivity index (χ4v) is 1.30. The summed E-state index contributed by atoms with van der Waals surface area (Å²) in [6, 6.07) is 5.17. The number of hydrogen-bond acceptors (Lipinski definition) is 4. The van der Waals surface area contributed by atoms with Crippen LogP contribution in [-0.2, 0) is 0 Å². The molecule has 0 saturated heterocycles. The molecule has 0 aliphatic rings. The average Bonchev–Trinajstić information content (AvgIpc) is 2.30. The maximum Gasteiger partial charge on any atom is 0.150 e. The molecule has 0 aliphatic heterocycles. The first-order valence-corrected chi connectivity index (χ1v) is 4.42. The van der Waals surface area contributed by atoms with Crippen molar-refractivity contribution < 1.29 is 5.11 Å². The lowest BCUT2D eigenvalue weighted by Crippen LogP contribution is -1.89. The Labute approximate surface area is 86.8 Å². The first-order chi connectivity index (χ1) is 7.33. The summed E-state index contributed by atoms with van der Waals surface area (Å²) >= 11 is 0. The molecule has 4 nitrogen and oxygen atoms in total. The van der Waals surface area contributed by atoms with E-state index in [4.69, 9.17) is 5.41 Å². The Bertz CT molecular complexity index is 482. The molecule has 2 aromatic rings. The lowest BCUT2D eigenvalue weighted by atomic mass is 10.1. The Morgan fingerprint density at radius 2 is 2.13 bits per heavy atom. The van der Waals surface area contributed by atoms with E-state index in [1.54, 1.807) is 30.7 Å². The minimum Gasteiger partial charge on any atom is -0.505 e. The van der Waals surface area contributed by atoms with Crippen LogP contribution in [0.1, 0.15) is 5.56 Å². The van der Waals surface area contributed by atoms with Crippen molar-refractivity contribution in [2.45, 2.75) is 0 Å². The topological polar surface area (TPSA) is 69.9 Å². The van der Waals surface area contributed by atoms with Crippen LogP contribution in [0.3, 0.4) is 0 Å². The van der Waals surface area contributed by atoms with E-state index >= 15 is 0 Å². The zero-order chi connectivity index (χ0) is 10.7. The standard InChI is InChI=1S/C11H9N3O/c12-6-8-3-5-14-10(11(8)15)9-2-1-4-13-7-9/h1-7,12,15H. The predicted molar refractivity (Wildman–Crippen MR) is 57.0 cm³/mol. The van der Waals surface area contributed by atoms with Gasteiger partial charge < -0.3 is 10.5 Å². The van der Waals surface area contributed by atoms with Crippen molar-refractivity contribution in [3.05, 3.63) is 42.4 Å². The second-order valence-corrected chi connectivity index (χ2v) is 2.98. The van der Waals surface area contributed by atoms with E-state index in [1.807, 2.05) is 6.07 Å². The summed E-state index contributed by atoms with van der Waals surface area (Å²) in [5, 5.41) is 16.9. The first-order valence-electron chi connectivity index (χ1n) is 4.42. The van der Waals surface area contributed by atoms with Gasteiger partial charge in [-0.1, -0.05) is 0 Å². The molecule has 0 unspecified atom stereocenters. The number of aromatic hydroxyl groups is 1. The van der Waals surface area contributed by atoms with Gasteiger partial charge in [-0.3, -0.25) is 9.97 Å². The van der Waals surface area contributed by atoms with Crippen LogP contribution < -0.4 is 0 Å². The van der Waals surface area contributed by atoms with Gasteiger partial charge in [-0.05, 0) is 18.2 Å². The molecule has 2 aromatic heterocycles. The molecule has 15 heavy (non-hydrogen) atoms. The molecule has 2 rings (SSSR count). The largest absolute Gasteiger partial charge is 0.505 e. The van der Waals surface area contributed by atoms with Crippen LogP contribution >= 0.6 is 0 Å². The third kappa shape index (κ3) is 1.69. The predicted octanol–water partition coefficient (Wildman–Crippen LogP) is 1.85. The van der Waals surface area contributed by atoms with Crippen molar-refractivity contribution in [3.63, 3.8) is 0 Å². The maximum absolute atomic E-state index is 9.80. The van der Waals surface area contributed by atoms with Crippen LogP contribution in [-0.4, -0.2) is 21.3 Å². The molecule has 2 heterocycles. The summed E-state index contributed by atoms with van der Waals surface area (Å²) < 4.78 is 0. The van der Waals surface area contributed by atoms with E-state index in [9.17, 15) is 5.11 Å². The van der Waals surface area contributed by atoms with E-state index < -0.39 is 0 Å². The van der Waals surface area contributed by atoms with Crippen molar-refractivity contribution >= 4 is 6.21 Å². The first kappa shape index (κ1) is 9.33. The summed E-state index contributed by atoms with van der Waals surface area (Å²) in [6.45, 7) is 0. The third-order valence-electron chi connectivity index (χ3n) is 2.05. The second kappa shape index (κ2) is 3.88. The van der Waals surface area contributed by atoms with Crippen molar-refractivity contribution in [3.8, 4) is 17.0 Å². The molecule has 0 radical (unpaired) electrons. The van der Waals surface area contributed by atoms with Crippen LogP contribution in [0.4, 0.5) is 0 Å². The zero-order valence-corrected chi connectivity index (χ0v) is 7.88. The van der Waals surface area contributed by atoms with Crippen LogP contribution in [0.25, 0.3) is 11.3 Å². The number of rotatable bonds is 2. The highest BCUT2D eigenvalue weighted by molar-refractivity contribution is 5.85. The fourth-order valence-electron chi connectivity index (χ4n) is 1.30. The Hall–Kier alpha value is -2.23. The smallest absolute Gasteiger partial charge is 0.150 e. The van der Waals surface area contributed by atoms with Gasteiger partial charge >= 0.3 is 0 Å². The van der Waals surface area contributed by atoms with Crippen molar-refractivity contribution in [2.75, 3.05) is 0 Å². The Balaban J connectivity index is 2.59. The van der Waals surface area contributed by atoms with Gasteiger partial charge in [0.2, 0.25) is 0 Å². The van der Waals surface area contributed by atoms with Gasteiger partial charge in [0.05, 0.1) is 0 Å². The number of aromatic nitrogens is 2. The SMILES string of the molecule is N=Cc1ccnc(-c2cccnc2)c1O. The van der Waals surface area contributed by atoms with E-state index in [1.165, 1.54) is 0 Å². The Morgan fingerprint density at radius 3 is 2.80 bits per heavy atom. The summed E-state index contributed by atoms with van der Waals surface area (Å²) in [7, 11) is 0. The highest BCUT2D eigenvalue weighted by Crippen LogP contribution is 2.27. The Kier molecular flexibility index (Phi) is 2.41. The van der Waals surface area contributed by atoms with Crippen LogP contribution in [0.2, 0.25) is 0 Å². The van der Waals surface area contributed by atoms with Crippen molar-refractivity contribution in [2.24, 2.45) is 0 Å². The lowest BCUT2D eigenvalue weighted by molar-refractivity contribution is 0.474. The van der Waals surface area contributed by atoms with Crippen molar-refractivity contribution in [1.29, 1.82) is 5.41 Å². The summed E-state index contributed by atoms with van der Waals surface area (Å²) in [6.07, 6.45) is 5.93. The molecule has 0 aliphatic carbocycles. The molecule has 0 atom stereocenters. The van der Waals surface area contributed by atoms with Gasteiger partial charge in [0, 0.05) is 35.9 Å². The van der Waals surface area contributed by atoms with Crippen LogP contribution in [0, 0.1) is 5.41 Å². The maximum atomic E-state index is 9.80. The summed E-state index contributed by atoms with van der Waals surface area (Å²) in [4.78, 5) is 8.01. The molecule has 4 heteroatoms. The minimum absolute atomic E-state index is 0.0144. The quantitative estimate of drug-likeness (QED) is 0.725. The van der Waals surface area contributed by atoms with Gasteiger partial charge in [0.25, 0.3) is 0 Å². The van der Waals surface area contributed by atoms with Crippen molar-refractivity contribution in [1.82, 2.24) is 9.97 Å². The minimum atomic E-state index is 0.0144. The number of nitrogens with zero attached hydrogens (tertiary/aromatic N) is 2. The van der Waals surface area contributed by atoms with E-state index in [0.29, 0.717) is 11.3 Å². The highest BCUT2D eigenvalue weighted by Gasteiger charge is 2.08. The molecule has 0 spiro atoms. The fraction of sp³-hybridized carbons (Fsp3) is 0. The van der Waals surface area contributed by atoms with E-state index in [2.05, 4.69) is 9.97 Å². The molecule has 0 amide bonds. The highest BCUT2D eigenvalue weighted by atomic mass is 16.3. The number of hydrogen-bond donors (Lipinski definition) is 2. The molecular formula is C11H9N3O. The molecule has 0 aromatic carbocycles. The number of pyridine rings is 2. The van der Waals surface area contributed by atoms with Gasteiger partial charge in [-0.25, -0.2) is 0 Å². The van der Waals surface area contributed by atoms with E-state index in [0.717, 1.165) is 11.8 Å². The molecule has 0 bridgehead atoms. The molecular weight excluding hydrogens is 190 g/mol. The average molecular weight is 199 g/mol.